The van der Waals surface area contributed by atoms with Gasteiger partial charge in [-0.3, -0.25) is 4.90 Å². The van der Waals surface area contributed by atoms with Gasteiger partial charge in [0.15, 0.2) is 0 Å². The van der Waals surface area contributed by atoms with E-state index in [1.807, 2.05) is 0 Å². The standard InChI is InChI=1S/C18H25N/c1-3-7-14(8-4-1)18(19-9-5-2-6-10-19)17-12-15-11-16(15)13-17/h1,3-4,7-8,15-18H,2,5-6,9-13H2/t15?,16?,17?,18-/m0/s1. The van der Waals surface area contributed by atoms with Gasteiger partial charge >= 0.3 is 0 Å². The molecule has 1 nitrogen and oxygen atoms in total. The van der Waals surface area contributed by atoms with E-state index in [1.165, 1.54) is 51.6 Å². The zero-order chi connectivity index (χ0) is 12.7. The Morgan fingerprint density at radius 2 is 1.53 bits per heavy atom. The number of hydrogen-bond acceptors (Lipinski definition) is 1. The molecule has 4 rings (SSSR count). The zero-order valence-corrected chi connectivity index (χ0v) is 11.8. The summed E-state index contributed by atoms with van der Waals surface area (Å²) in [6, 6.07) is 12.0. The topological polar surface area (TPSA) is 3.24 Å². The largest absolute Gasteiger partial charge is 0.296 e. The fraction of sp³-hybridized carbons (Fsp3) is 0.667. The third kappa shape index (κ3) is 2.33. The van der Waals surface area contributed by atoms with Gasteiger partial charge in [0.05, 0.1) is 0 Å². The summed E-state index contributed by atoms with van der Waals surface area (Å²) in [7, 11) is 0. The molecule has 3 atom stereocenters. The van der Waals surface area contributed by atoms with Gasteiger partial charge in [-0.05, 0) is 68.5 Å². The monoisotopic (exact) mass is 255 g/mol. The summed E-state index contributed by atoms with van der Waals surface area (Å²) in [5, 5.41) is 0. The molecule has 0 N–H and O–H groups in total. The second-order valence-electron chi connectivity index (χ2n) is 6.94. The first kappa shape index (κ1) is 12.0. The normalized spacial score (nSPS) is 35.9. The van der Waals surface area contributed by atoms with Crippen molar-refractivity contribution in [1.82, 2.24) is 4.90 Å². The van der Waals surface area contributed by atoms with Crippen LogP contribution in [0.3, 0.4) is 0 Å². The molecule has 102 valence electrons. The summed E-state index contributed by atoms with van der Waals surface area (Å²) in [6.07, 6.45) is 8.79. The molecule has 1 heterocycles. The van der Waals surface area contributed by atoms with E-state index in [0.29, 0.717) is 6.04 Å². The second kappa shape index (κ2) is 4.94. The van der Waals surface area contributed by atoms with E-state index >= 15 is 0 Å². The first-order valence-electron chi connectivity index (χ1n) is 8.21. The fourth-order valence-corrected chi connectivity index (χ4v) is 4.65. The molecule has 0 aromatic heterocycles. The Hall–Kier alpha value is -0.820. The first-order chi connectivity index (χ1) is 9.42. The molecule has 2 saturated carbocycles. The lowest BCUT2D eigenvalue weighted by molar-refractivity contribution is 0.112. The Balaban J connectivity index is 1.58. The fourth-order valence-electron chi connectivity index (χ4n) is 4.65. The number of hydrogen-bond donors (Lipinski definition) is 0. The molecule has 0 bridgehead atoms. The lowest BCUT2D eigenvalue weighted by Gasteiger charge is -2.39. The van der Waals surface area contributed by atoms with E-state index in [9.17, 15) is 0 Å². The van der Waals surface area contributed by atoms with Gasteiger partial charge in [0.2, 0.25) is 0 Å². The van der Waals surface area contributed by atoms with E-state index in [0.717, 1.165) is 17.8 Å². The second-order valence-corrected chi connectivity index (χ2v) is 6.94. The van der Waals surface area contributed by atoms with Gasteiger partial charge in [0, 0.05) is 6.04 Å². The molecule has 0 radical (unpaired) electrons. The highest BCUT2D eigenvalue weighted by Crippen LogP contribution is 2.58. The lowest BCUT2D eigenvalue weighted by Crippen LogP contribution is -2.37. The predicted octanol–water partition coefficient (Wildman–Crippen LogP) is 4.26. The van der Waals surface area contributed by atoms with Crippen molar-refractivity contribution in [3.05, 3.63) is 35.9 Å². The molecule has 1 heteroatoms. The van der Waals surface area contributed by atoms with Crippen LogP contribution in [0.25, 0.3) is 0 Å². The van der Waals surface area contributed by atoms with Gasteiger partial charge in [-0.1, -0.05) is 36.8 Å². The van der Waals surface area contributed by atoms with Crippen LogP contribution in [0.2, 0.25) is 0 Å². The molecule has 0 amide bonds. The van der Waals surface area contributed by atoms with Gasteiger partial charge in [-0.15, -0.1) is 0 Å². The Bertz CT molecular complexity index is 409. The van der Waals surface area contributed by atoms with Crippen LogP contribution < -0.4 is 0 Å². The Morgan fingerprint density at radius 3 is 2.21 bits per heavy atom. The average Bonchev–Trinajstić information content (AvgIpc) is 3.08. The molecule has 19 heavy (non-hydrogen) atoms. The maximum absolute atomic E-state index is 2.80. The quantitative estimate of drug-likeness (QED) is 0.780. The van der Waals surface area contributed by atoms with Crippen LogP contribution in [0.15, 0.2) is 30.3 Å². The minimum Gasteiger partial charge on any atom is -0.296 e. The van der Waals surface area contributed by atoms with Gasteiger partial charge < -0.3 is 0 Å². The summed E-state index contributed by atoms with van der Waals surface area (Å²) < 4.78 is 0. The Morgan fingerprint density at radius 1 is 0.842 bits per heavy atom. The third-order valence-electron chi connectivity index (χ3n) is 5.65. The van der Waals surface area contributed by atoms with Crippen molar-refractivity contribution in [2.75, 3.05) is 13.1 Å². The Kier molecular flexibility index (Phi) is 3.11. The number of nitrogens with zero attached hydrogens (tertiary/aromatic N) is 1. The minimum atomic E-state index is 0.717. The maximum atomic E-state index is 2.80. The maximum Gasteiger partial charge on any atom is 0.0376 e. The highest BCUT2D eigenvalue weighted by atomic mass is 15.2. The van der Waals surface area contributed by atoms with Crippen molar-refractivity contribution in [2.45, 2.75) is 44.6 Å². The van der Waals surface area contributed by atoms with Gasteiger partial charge in [0.25, 0.3) is 0 Å². The highest BCUT2D eigenvalue weighted by molar-refractivity contribution is 5.21. The molecule has 1 aromatic carbocycles. The minimum absolute atomic E-state index is 0.717. The van der Waals surface area contributed by atoms with Crippen LogP contribution in [0.4, 0.5) is 0 Å². The lowest BCUT2D eigenvalue weighted by atomic mass is 9.87. The summed E-state index contributed by atoms with van der Waals surface area (Å²) in [5.74, 6) is 3.13. The van der Waals surface area contributed by atoms with Gasteiger partial charge in [-0.2, -0.15) is 0 Å². The van der Waals surface area contributed by atoms with Crippen LogP contribution in [0, 0.1) is 17.8 Å². The van der Waals surface area contributed by atoms with E-state index in [4.69, 9.17) is 0 Å². The van der Waals surface area contributed by atoms with E-state index in [2.05, 4.69) is 35.2 Å². The van der Waals surface area contributed by atoms with E-state index in [-0.39, 0.29) is 0 Å². The molecule has 2 aliphatic carbocycles. The van der Waals surface area contributed by atoms with Gasteiger partial charge in [0.1, 0.15) is 0 Å². The van der Waals surface area contributed by atoms with E-state index in [1.54, 1.807) is 5.56 Å². The smallest absolute Gasteiger partial charge is 0.0376 e. The molecular formula is C18H25N. The summed E-state index contributed by atoms with van der Waals surface area (Å²) in [5.41, 5.74) is 1.58. The summed E-state index contributed by atoms with van der Waals surface area (Å²) in [4.78, 5) is 2.80. The van der Waals surface area contributed by atoms with Crippen molar-refractivity contribution in [1.29, 1.82) is 0 Å². The molecule has 1 aliphatic heterocycles. The van der Waals surface area contributed by atoms with Crippen molar-refractivity contribution in [2.24, 2.45) is 17.8 Å². The molecule has 3 fully saturated rings. The SMILES string of the molecule is c1ccc([C@@H](C2CC3CC3C2)N2CCCCC2)cc1. The number of piperidine rings is 1. The molecular weight excluding hydrogens is 230 g/mol. The number of likely N-dealkylation sites (tertiary alicyclic amines) is 1. The number of rotatable bonds is 3. The number of benzene rings is 1. The van der Waals surface area contributed by atoms with Crippen molar-refractivity contribution < 1.29 is 0 Å². The molecule has 3 aliphatic rings. The van der Waals surface area contributed by atoms with E-state index < -0.39 is 0 Å². The average molecular weight is 255 g/mol. The molecule has 1 aromatic rings. The van der Waals surface area contributed by atoms with Crippen LogP contribution in [-0.4, -0.2) is 18.0 Å². The number of fused-ring (bicyclic) bond motifs is 1. The van der Waals surface area contributed by atoms with Crippen molar-refractivity contribution in [3.63, 3.8) is 0 Å². The van der Waals surface area contributed by atoms with Crippen LogP contribution in [0.1, 0.15) is 50.1 Å². The van der Waals surface area contributed by atoms with Crippen LogP contribution in [-0.2, 0) is 0 Å². The molecule has 2 unspecified atom stereocenters. The molecule has 1 saturated heterocycles. The summed E-state index contributed by atoms with van der Waals surface area (Å²) >= 11 is 0. The third-order valence-corrected chi connectivity index (χ3v) is 5.65. The van der Waals surface area contributed by atoms with Crippen LogP contribution >= 0.6 is 0 Å². The zero-order valence-electron chi connectivity index (χ0n) is 11.8. The predicted molar refractivity (Wildman–Crippen MR) is 78.9 cm³/mol. The summed E-state index contributed by atoms with van der Waals surface area (Å²) in [6.45, 7) is 2.65. The highest BCUT2D eigenvalue weighted by Gasteiger charge is 2.49. The van der Waals surface area contributed by atoms with Crippen molar-refractivity contribution in [3.8, 4) is 0 Å². The Labute approximate surface area is 117 Å². The van der Waals surface area contributed by atoms with Crippen molar-refractivity contribution >= 4 is 0 Å². The van der Waals surface area contributed by atoms with Gasteiger partial charge in [-0.25, -0.2) is 0 Å². The van der Waals surface area contributed by atoms with Crippen LogP contribution in [0.5, 0.6) is 0 Å². The first-order valence-corrected chi connectivity index (χ1v) is 8.21. The molecule has 0 spiro atoms.